The van der Waals surface area contributed by atoms with E-state index in [2.05, 4.69) is 25.2 Å². The van der Waals surface area contributed by atoms with E-state index < -0.39 is 10.0 Å². The number of nitrogens with one attached hydrogen (secondary N) is 2. The SMILES string of the molecule is Cc1ccc(NCCNS(=O)(=O)c2ccc(-c3csc(C)n3)s2)nn1. The van der Waals surface area contributed by atoms with Crippen molar-refractivity contribution in [2.75, 3.05) is 18.4 Å². The fourth-order valence-corrected chi connectivity index (χ4v) is 5.05. The van der Waals surface area contributed by atoms with Crippen LogP contribution in [0.15, 0.2) is 33.9 Å². The van der Waals surface area contributed by atoms with Gasteiger partial charge in [0.2, 0.25) is 10.0 Å². The van der Waals surface area contributed by atoms with Gasteiger partial charge in [-0.05, 0) is 38.1 Å². The van der Waals surface area contributed by atoms with Crippen LogP contribution in [0.3, 0.4) is 0 Å². The van der Waals surface area contributed by atoms with E-state index in [9.17, 15) is 8.42 Å². The Bertz CT molecular complexity index is 948. The summed E-state index contributed by atoms with van der Waals surface area (Å²) in [4.78, 5) is 5.23. The van der Waals surface area contributed by atoms with Gasteiger partial charge in [-0.25, -0.2) is 18.1 Å². The predicted octanol–water partition coefficient (Wildman–Crippen LogP) is 2.67. The molecule has 0 bridgehead atoms. The number of anilines is 1. The van der Waals surface area contributed by atoms with Crippen molar-refractivity contribution in [2.24, 2.45) is 0 Å². The molecule has 3 aromatic rings. The smallest absolute Gasteiger partial charge is 0.250 e. The van der Waals surface area contributed by atoms with E-state index in [1.807, 2.05) is 25.3 Å². The van der Waals surface area contributed by atoms with E-state index in [4.69, 9.17) is 0 Å². The van der Waals surface area contributed by atoms with Crippen LogP contribution in [-0.4, -0.2) is 36.7 Å². The molecule has 0 aliphatic heterocycles. The van der Waals surface area contributed by atoms with Gasteiger partial charge in [-0.3, -0.25) is 0 Å². The van der Waals surface area contributed by atoms with Gasteiger partial charge in [0.25, 0.3) is 0 Å². The van der Waals surface area contributed by atoms with Crippen LogP contribution in [0.1, 0.15) is 10.7 Å². The molecule has 3 rings (SSSR count). The fourth-order valence-electron chi connectivity index (χ4n) is 2.02. The lowest BCUT2D eigenvalue weighted by Crippen LogP contribution is -2.28. The highest BCUT2D eigenvalue weighted by Crippen LogP contribution is 2.31. The Morgan fingerprint density at radius 1 is 1.08 bits per heavy atom. The molecule has 25 heavy (non-hydrogen) atoms. The van der Waals surface area contributed by atoms with Crippen molar-refractivity contribution < 1.29 is 8.42 Å². The zero-order valence-electron chi connectivity index (χ0n) is 13.7. The molecular weight excluding hydrogens is 378 g/mol. The average molecular weight is 396 g/mol. The second-order valence-corrected chi connectivity index (χ2v) is 9.39. The van der Waals surface area contributed by atoms with Crippen LogP contribution in [0, 0.1) is 13.8 Å². The van der Waals surface area contributed by atoms with Crippen LogP contribution < -0.4 is 10.0 Å². The Morgan fingerprint density at radius 3 is 2.60 bits per heavy atom. The Morgan fingerprint density at radius 2 is 1.92 bits per heavy atom. The molecule has 0 radical (unpaired) electrons. The highest BCUT2D eigenvalue weighted by molar-refractivity contribution is 7.91. The molecule has 0 spiro atoms. The monoisotopic (exact) mass is 395 g/mol. The van der Waals surface area contributed by atoms with E-state index >= 15 is 0 Å². The third-order valence-corrected chi connectivity index (χ3v) is 7.07. The summed E-state index contributed by atoms with van der Waals surface area (Å²) in [6.45, 7) is 4.45. The van der Waals surface area contributed by atoms with E-state index in [0.717, 1.165) is 21.3 Å². The molecule has 0 aliphatic carbocycles. The normalized spacial score (nSPS) is 11.6. The van der Waals surface area contributed by atoms with E-state index in [1.54, 1.807) is 29.5 Å². The van der Waals surface area contributed by atoms with Gasteiger partial charge in [0.1, 0.15) is 10.0 Å². The maximum atomic E-state index is 12.4. The molecule has 2 N–H and O–H groups in total. The number of nitrogens with zero attached hydrogens (tertiary/aromatic N) is 3. The van der Waals surface area contributed by atoms with Gasteiger partial charge in [-0.15, -0.1) is 27.8 Å². The zero-order valence-corrected chi connectivity index (χ0v) is 16.1. The topological polar surface area (TPSA) is 96.9 Å². The summed E-state index contributed by atoms with van der Waals surface area (Å²) in [7, 11) is -3.53. The van der Waals surface area contributed by atoms with Gasteiger partial charge >= 0.3 is 0 Å². The van der Waals surface area contributed by atoms with Gasteiger partial charge in [0.05, 0.1) is 21.3 Å². The van der Waals surface area contributed by atoms with Crippen molar-refractivity contribution in [2.45, 2.75) is 18.1 Å². The van der Waals surface area contributed by atoms with Gasteiger partial charge in [-0.1, -0.05) is 0 Å². The third kappa shape index (κ3) is 4.60. The van der Waals surface area contributed by atoms with Crippen LogP contribution in [0.25, 0.3) is 10.6 Å². The first-order valence-electron chi connectivity index (χ1n) is 7.50. The van der Waals surface area contributed by atoms with E-state index in [-0.39, 0.29) is 10.8 Å². The molecule has 132 valence electrons. The van der Waals surface area contributed by atoms with Crippen molar-refractivity contribution in [1.82, 2.24) is 19.9 Å². The number of rotatable bonds is 7. The number of thiazole rings is 1. The van der Waals surface area contributed by atoms with Gasteiger partial charge < -0.3 is 5.32 Å². The average Bonchev–Trinajstić information content (AvgIpc) is 3.22. The Labute approximate surface area is 154 Å². The molecule has 3 aromatic heterocycles. The van der Waals surface area contributed by atoms with Crippen LogP contribution in [0.4, 0.5) is 5.82 Å². The van der Waals surface area contributed by atoms with Crippen molar-refractivity contribution in [3.63, 3.8) is 0 Å². The summed E-state index contributed by atoms with van der Waals surface area (Å²) in [6, 6.07) is 7.04. The minimum absolute atomic E-state index is 0.251. The molecule has 0 unspecified atom stereocenters. The minimum Gasteiger partial charge on any atom is -0.367 e. The molecular formula is C15H17N5O2S3. The standard InChI is InChI=1S/C15H17N5O2S3/c1-10-3-5-14(20-19-10)16-7-8-17-25(21,22)15-6-4-13(24-15)12-9-23-11(2)18-12/h3-6,9,17H,7-8H2,1-2H3,(H,16,20). The predicted molar refractivity (Wildman–Crippen MR) is 101 cm³/mol. The summed E-state index contributed by atoms with van der Waals surface area (Å²) in [5, 5.41) is 13.8. The molecule has 10 heteroatoms. The summed E-state index contributed by atoms with van der Waals surface area (Å²) >= 11 is 2.76. The molecule has 0 saturated carbocycles. The molecule has 0 aliphatic rings. The molecule has 0 saturated heterocycles. The van der Waals surface area contributed by atoms with Crippen LogP contribution in [0.5, 0.6) is 0 Å². The number of aryl methyl sites for hydroxylation is 2. The first kappa shape index (κ1) is 17.9. The van der Waals surface area contributed by atoms with E-state index in [1.165, 1.54) is 11.3 Å². The lowest BCUT2D eigenvalue weighted by atomic mass is 10.4. The molecule has 0 amide bonds. The summed E-state index contributed by atoms with van der Waals surface area (Å²) in [5.41, 5.74) is 1.64. The maximum Gasteiger partial charge on any atom is 0.250 e. The second kappa shape index (κ2) is 7.56. The molecule has 0 fully saturated rings. The summed E-state index contributed by atoms with van der Waals surface area (Å²) < 4.78 is 27.6. The van der Waals surface area contributed by atoms with Crippen molar-refractivity contribution in [1.29, 1.82) is 0 Å². The van der Waals surface area contributed by atoms with Crippen molar-refractivity contribution in [3.8, 4) is 10.6 Å². The minimum atomic E-state index is -3.53. The summed E-state index contributed by atoms with van der Waals surface area (Å²) in [5.74, 6) is 0.613. The largest absolute Gasteiger partial charge is 0.367 e. The lowest BCUT2D eigenvalue weighted by molar-refractivity contribution is 0.585. The third-order valence-electron chi connectivity index (χ3n) is 3.24. The van der Waals surface area contributed by atoms with Crippen LogP contribution in [0.2, 0.25) is 0 Å². The first-order chi connectivity index (χ1) is 11.9. The first-order valence-corrected chi connectivity index (χ1v) is 10.7. The van der Waals surface area contributed by atoms with E-state index in [0.29, 0.717) is 12.4 Å². The number of hydrogen-bond acceptors (Lipinski definition) is 8. The number of hydrogen-bond donors (Lipinski definition) is 2. The lowest BCUT2D eigenvalue weighted by Gasteiger charge is -2.06. The fraction of sp³-hybridized carbons (Fsp3) is 0.267. The summed E-state index contributed by atoms with van der Waals surface area (Å²) in [6.07, 6.45) is 0. The highest BCUT2D eigenvalue weighted by atomic mass is 32.2. The number of aromatic nitrogens is 3. The second-order valence-electron chi connectivity index (χ2n) is 5.25. The Kier molecular flexibility index (Phi) is 5.42. The number of sulfonamides is 1. The zero-order chi connectivity index (χ0) is 17.9. The van der Waals surface area contributed by atoms with Crippen molar-refractivity contribution in [3.05, 3.63) is 40.3 Å². The van der Waals surface area contributed by atoms with Crippen LogP contribution in [-0.2, 0) is 10.0 Å². The van der Waals surface area contributed by atoms with Gasteiger partial charge in [0.15, 0.2) is 0 Å². The van der Waals surface area contributed by atoms with Gasteiger partial charge in [0, 0.05) is 18.5 Å². The Hall–Kier alpha value is -1.88. The van der Waals surface area contributed by atoms with Gasteiger partial charge in [-0.2, -0.15) is 5.10 Å². The molecule has 7 nitrogen and oxygen atoms in total. The maximum absolute atomic E-state index is 12.4. The quantitative estimate of drug-likeness (QED) is 0.597. The Balaban J connectivity index is 1.56. The molecule has 0 aromatic carbocycles. The molecule has 3 heterocycles. The highest BCUT2D eigenvalue weighted by Gasteiger charge is 2.17. The van der Waals surface area contributed by atoms with Crippen molar-refractivity contribution >= 4 is 38.5 Å². The van der Waals surface area contributed by atoms with Crippen LogP contribution >= 0.6 is 22.7 Å². The number of thiophene rings is 1. The molecule has 0 atom stereocenters.